The van der Waals surface area contributed by atoms with Crippen molar-refractivity contribution >= 4 is 18.1 Å². The Morgan fingerprint density at radius 2 is 1.81 bits per heavy atom. The minimum atomic E-state index is -0.657. The number of rotatable bonds is 4. The Balaban J connectivity index is 2.98. The zero-order valence-electron chi connectivity index (χ0n) is 13.4. The monoisotopic (exact) mass is 293 g/mol. The van der Waals surface area contributed by atoms with Crippen LogP contribution in [0.15, 0.2) is 18.2 Å². The van der Waals surface area contributed by atoms with E-state index >= 15 is 0 Å². The second-order valence-electron chi connectivity index (χ2n) is 6.38. The molecule has 0 bridgehead atoms. The Labute approximate surface area is 125 Å². The molecule has 0 saturated heterocycles. The zero-order chi connectivity index (χ0) is 16.3. The lowest BCUT2D eigenvalue weighted by molar-refractivity contribution is -0.111. The van der Waals surface area contributed by atoms with Crippen LogP contribution in [0.3, 0.4) is 0 Å². The number of ether oxygens (including phenoxy) is 2. The summed E-state index contributed by atoms with van der Waals surface area (Å²) in [5.41, 5.74) is 0.0879. The normalized spacial score (nSPS) is 11.7. The number of hydrogen-bond donors (Lipinski definition) is 1. The van der Waals surface area contributed by atoms with Gasteiger partial charge < -0.3 is 14.3 Å². The van der Waals surface area contributed by atoms with E-state index in [4.69, 9.17) is 9.47 Å². The average Bonchev–Trinajstić information content (AvgIpc) is 2.36. The van der Waals surface area contributed by atoms with Crippen molar-refractivity contribution in [1.29, 1.82) is 0 Å². The smallest absolute Gasteiger partial charge is 0.412 e. The summed E-state index contributed by atoms with van der Waals surface area (Å²) in [5, 5.41) is 2.64. The molecule has 0 heterocycles. The van der Waals surface area contributed by atoms with Crippen LogP contribution in [0.4, 0.5) is 10.5 Å². The Morgan fingerprint density at radius 3 is 2.29 bits per heavy atom. The van der Waals surface area contributed by atoms with E-state index in [-0.39, 0.29) is 0 Å². The fourth-order valence-corrected chi connectivity index (χ4v) is 1.79. The summed E-state index contributed by atoms with van der Waals surface area (Å²) in [6, 6.07) is 5.15. The number of aldehydes is 1. The van der Waals surface area contributed by atoms with Crippen LogP contribution in [-0.2, 0) is 14.9 Å². The van der Waals surface area contributed by atoms with E-state index in [0.717, 1.165) is 11.8 Å². The van der Waals surface area contributed by atoms with E-state index in [0.29, 0.717) is 11.4 Å². The molecular formula is C16H23NO4. The molecule has 0 aromatic heterocycles. The number of hydrogen-bond acceptors (Lipinski definition) is 4. The summed E-state index contributed by atoms with van der Waals surface area (Å²) in [7, 11) is 1.52. The molecule has 0 aliphatic heterocycles. The number of carbonyl (C=O) groups is 2. The summed E-state index contributed by atoms with van der Waals surface area (Å²) < 4.78 is 10.5. The summed E-state index contributed by atoms with van der Waals surface area (Å²) >= 11 is 0. The van der Waals surface area contributed by atoms with Gasteiger partial charge in [0, 0.05) is 22.7 Å². The van der Waals surface area contributed by atoms with Crippen LogP contribution in [0.1, 0.15) is 40.2 Å². The quantitative estimate of drug-likeness (QED) is 0.863. The lowest BCUT2D eigenvalue weighted by atomic mass is 9.85. The van der Waals surface area contributed by atoms with Crippen molar-refractivity contribution in [3.05, 3.63) is 23.8 Å². The summed E-state index contributed by atoms with van der Waals surface area (Å²) in [4.78, 5) is 22.9. The second kappa shape index (κ2) is 6.16. The van der Waals surface area contributed by atoms with E-state index in [1.54, 1.807) is 52.8 Å². The van der Waals surface area contributed by atoms with Gasteiger partial charge in [0.15, 0.2) is 0 Å². The topological polar surface area (TPSA) is 64.6 Å². The van der Waals surface area contributed by atoms with Crippen LogP contribution < -0.4 is 10.1 Å². The van der Waals surface area contributed by atoms with Gasteiger partial charge in [-0.3, -0.25) is 5.32 Å². The van der Waals surface area contributed by atoms with E-state index in [1.165, 1.54) is 7.11 Å². The number of amides is 1. The molecule has 1 aromatic rings. The predicted octanol–water partition coefficient (Wildman–Crippen LogP) is 3.52. The largest absolute Gasteiger partial charge is 0.496 e. The number of benzene rings is 1. The molecule has 0 unspecified atom stereocenters. The standard InChI is InChI=1S/C16H23NO4/c1-15(2,3)21-14(19)17-11-7-8-12(13(9-11)20-6)16(4,5)10-18/h7-10H,1-6H3,(H,17,19). The van der Waals surface area contributed by atoms with Crippen molar-refractivity contribution < 1.29 is 19.1 Å². The van der Waals surface area contributed by atoms with Gasteiger partial charge in [-0.2, -0.15) is 0 Å². The third kappa shape index (κ3) is 4.77. The van der Waals surface area contributed by atoms with Gasteiger partial charge in [0.25, 0.3) is 0 Å². The molecule has 5 nitrogen and oxygen atoms in total. The molecule has 0 radical (unpaired) electrons. The van der Waals surface area contributed by atoms with E-state index in [2.05, 4.69) is 5.32 Å². The van der Waals surface area contributed by atoms with Crippen molar-refractivity contribution in [2.24, 2.45) is 0 Å². The lowest BCUT2D eigenvalue weighted by Crippen LogP contribution is -2.27. The molecular weight excluding hydrogens is 270 g/mol. The van der Waals surface area contributed by atoms with Crippen LogP contribution in [-0.4, -0.2) is 25.1 Å². The molecule has 0 spiro atoms. The zero-order valence-corrected chi connectivity index (χ0v) is 13.4. The van der Waals surface area contributed by atoms with Gasteiger partial charge in [-0.25, -0.2) is 4.79 Å². The van der Waals surface area contributed by atoms with Crippen molar-refractivity contribution in [2.75, 3.05) is 12.4 Å². The van der Waals surface area contributed by atoms with Gasteiger partial charge in [0.2, 0.25) is 0 Å². The maximum atomic E-state index is 11.7. The number of nitrogens with one attached hydrogen (secondary N) is 1. The fourth-order valence-electron chi connectivity index (χ4n) is 1.79. The molecule has 0 fully saturated rings. The predicted molar refractivity (Wildman–Crippen MR) is 81.9 cm³/mol. The molecule has 1 amide bonds. The molecule has 0 aliphatic rings. The van der Waals surface area contributed by atoms with Gasteiger partial charge in [-0.15, -0.1) is 0 Å². The Kier molecular flexibility index (Phi) is 4.99. The Hall–Kier alpha value is -2.04. The SMILES string of the molecule is COc1cc(NC(=O)OC(C)(C)C)ccc1C(C)(C)C=O. The number of anilines is 1. The van der Waals surface area contributed by atoms with Gasteiger partial charge in [-0.05, 0) is 40.7 Å². The fraction of sp³-hybridized carbons (Fsp3) is 0.500. The van der Waals surface area contributed by atoms with Crippen molar-refractivity contribution in [1.82, 2.24) is 0 Å². The molecule has 1 N–H and O–H groups in total. The molecule has 0 saturated carbocycles. The first-order valence-corrected chi connectivity index (χ1v) is 6.74. The van der Waals surface area contributed by atoms with Crippen LogP contribution in [0.25, 0.3) is 0 Å². The van der Waals surface area contributed by atoms with Crippen LogP contribution in [0.2, 0.25) is 0 Å². The molecule has 116 valence electrons. The van der Waals surface area contributed by atoms with Crippen LogP contribution in [0.5, 0.6) is 5.75 Å². The highest BCUT2D eigenvalue weighted by atomic mass is 16.6. The molecule has 1 rings (SSSR count). The maximum absolute atomic E-state index is 11.7. The first-order valence-electron chi connectivity index (χ1n) is 6.74. The molecule has 21 heavy (non-hydrogen) atoms. The third-order valence-corrected chi connectivity index (χ3v) is 2.84. The minimum absolute atomic E-state index is 0.535. The number of methoxy groups -OCH3 is 1. The molecule has 1 aromatic carbocycles. The van der Waals surface area contributed by atoms with Crippen LogP contribution in [0, 0.1) is 0 Å². The average molecular weight is 293 g/mol. The van der Waals surface area contributed by atoms with Gasteiger partial charge in [0.05, 0.1) is 7.11 Å². The first-order chi connectivity index (χ1) is 9.59. The Morgan fingerprint density at radius 1 is 1.19 bits per heavy atom. The second-order valence-corrected chi connectivity index (χ2v) is 6.38. The maximum Gasteiger partial charge on any atom is 0.412 e. The van der Waals surface area contributed by atoms with E-state index in [1.807, 2.05) is 0 Å². The number of carbonyl (C=O) groups excluding carboxylic acids is 2. The first kappa shape index (κ1) is 17.0. The van der Waals surface area contributed by atoms with Gasteiger partial charge >= 0.3 is 6.09 Å². The minimum Gasteiger partial charge on any atom is -0.496 e. The van der Waals surface area contributed by atoms with Crippen LogP contribution >= 0.6 is 0 Å². The summed E-state index contributed by atoms with van der Waals surface area (Å²) in [6.07, 6.45) is 0.332. The van der Waals surface area contributed by atoms with Gasteiger partial charge in [-0.1, -0.05) is 6.07 Å². The van der Waals surface area contributed by atoms with Crippen molar-refractivity contribution in [3.8, 4) is 5.75 Å². The van der Waals surface area contributed by atoms with E-state index < -0.39 is 17.1 Å². The van der Waals surface area contributed by atoms with E-state index in [9.17, 15) is 9.59 Å². The molecule has 5 heteroatoms. The van der Waals surface area contributed by atoms with Crippen molar-refractivity contribution in [2.45, 2.75) is 45.6 Å². The molecule has 0 aliphatic carbocycles. The summed E-state index contributed by atoms with van der Waals surface area (Å²) in [5.74, 6) is 0.542. The lowest BCUT2D eigenvalue weighted by Gasteiger charge is -2.22. The van der Waals surface area contributed by atoms with Crippen molar-refractivity contribution in [3.63, 3.8) is 0 Å². The summed E-state index contributed by atoms with van der Waals surface area (Å²) in [6.45, 7) is 8.99. The highest BCUT2D eigenvalue weighted by molar-refractivity contribution is 5.85. The molecule has 0 atom stereocenters. The third-order valence-electron chi connectivity index (χ3n) is 2.84. The highest BCUT2D eigenvalue weighted by Crippen LogP contribution is 2.32. The highest BCUT2D eigenvalue weighted by Gasteiger charge is 2.24. The Bertz CT molecular complexity index is 530. The van der Waals surface area contributed by atoms with Gasteiger partial charge in [0.1, 0.15) is 17.6 Å².